The Morgan fingerprint density at radius 1 is 0.936 bits per heavy atom. The third-order valence-electron chi connectivity index (χ3n) is 7.47. The molecule has 4 N–H and O–H groups in total. The van der Waals surface area contributed by atoms with Crippen molar-refractivity contribution in [2.75, 3.05) is 40.8 Å². The molecule has 0 radical (unpaired) electrons. The number of fused-ring (bicyclic) bond motifs is 1. The fraction of sp³-hybridized carbons (Fsp3) is 0.229. The van der Waals surface area contributed by atoms with Gasteiger partial charge in [0.25, 0.3) is 11.8 Å². The molecule has 0 saturated heterocycles. The normalized spacial score (nSPS) is 12.0. The van der Waals surface area contributed by atoms with E-state index >= 15 is 0 Å². The molecular weight excluding hydrogens is 633 g/mol. The minimum atomic E-state index is -1.80. The summed E-state index contributed by atoms with van der Waals surface area (Å²) in [5.74, 6) is 0.410. The van der Waals surface area contributed by atoms with Crippen LogP contribution < -0.4 is 30.5 Å². The number of thiophene rings is 1. The molecule has 3 aromatic carbocycles. The van der Waals surface area contributed by atoms with Crippen LogP contribution in [0.1, 0.15) is 51.9 Å². The van der Waals surface area contributed by atoms with Crippen molar-refractivity contribution in [3.63, 3.8) is 0 Å². The zero-order chi connectivity index (χ0) is 33.7. The Labute approximate surface area is 281 Å². The van der Waals surface area contributed by atoms with Gasteiger partial charge < -0.3 is 20.7 Å². The molecule has 0 spiro atoms. The summed E-state index contributed by atoms with van der Waals surface area (Å²) in [6, 6.07) is 24.6. The molecule has 1 atom stereocenters. The van der Waals surface area contributed by atoms with Crippen LogP contribution in [0.5, 0.6) is 5.75 Å². The number of hydrogen-bond donors (Lipinski definition) is 4. The maximum atomic E-state index is 13.7. The second kappa shape index (κ2) is 14.3. The van der Waals surface area contributed by atoms with Gasteiger partial charge in [-0.15, -0.1) is 15.8 Å². The molecule has 1 unspecified atom stereocenters. The molecule has 5 aromatic rings. The molecule has 0 aliphatic heterocycles. The minimum absolute atomic E-state index is 0.265. The van der Waals surface area contributed by atoms with Crippen LogP contribution >= 0.6 is 11.3 Å². The highest BCUT2D eigenvalue weighted by atomic mass is 32.2. The standard InChI is InChI=1S/C35H38N6O4S2/c1-35(2,3)25-18-27(31(45-5)28(19-25)41(36-4)47(6)44)40-34(43)29-17-23-13-10-14-26(32(23)46-29)39-33(42)24-15-16-30(38-21-24)37-20-22-11-8-7-9-12-22/h7-19,21,36H,20H2,1-6H3,(H,37,38)(H,39,42)(H,40,43)/p+1. The second-order valence-corrected chi connectivity index (χ2v) is 14.2. The first-order chi connectivity index (χ1) is 22.5. The summed E-state index contributed by atoms with van der Waals surface area (Å²) in [4.78, 5) is 31.7. The van der Waals surface area contributed by atoms with Crippen LogP contribution in [0.3, 0.4) is 0 Å². The predicted octanol–water partition coefficient (Wildman–Crippen LogP) is 6.90. The summed E-state index contributed by atoms with van der Waals surface area (Å²) in [5, 5.41) is 10.1. The summed E-state index contributed by atoms with van der Waals surface area (Å²) < 4.78 is 20.6. The van der Waals surface area contributed by atoms with Gasteiger partial charge in [-0.2, -0.15) is 5.43 Å². The van der Waals surface area contributed by atoms with Gasteiger partial charge in [-0.1, -0.05) is 67.4 Å². The quantitative estimate of drug-likeness (QED) is 0.0684. The van der Waals surface area contributed by atoms with E-state index in [0.717, 1.165) is 21.2 Å². The Balaban J connectivity index is 1.36. The summed E-state index contributed by atoms with van der Waals surface area (Å²) >= 11 is 1.28. The maximum Gasteiger partial charge on any atom is 0.265 e. The largest absolute Gasteiger partial charge is 0.492 e. The van der Waals surface area contributed by atoms with Crippen LogP contribution in [0.15, 0.2) is 85.1 Å². The number of methoxy groups -OCH3 is 1. The Morgan fingerprint density at radius 3 is 2.32 bits per heavy atom. The van der Waals surface area contributed by atoms with E-state index in [1.54, 1.807) is 31.5 Å². The number of ether oxygens (including phenoxy) is 1. The van der Waals surface area contributed by atoms with Gasteiger partial charge in [0.1, 0.15) is 17.8 Å². The average Bonchev–Trinajstić information content (AvgIpc) is 3.50. The van der Waals surface area contributed by atoms with E-state index in [4.69, 9.17) is 4.74 Å². The van der Waals surface area contributed by atoms with E-state index in [0.29, 0.717) is 45.6 Å². The van der Waals surface area contributed by atoms with Crippen LogP contribution in [-0.2, 0) is 27.2 Å². The molecule has 2 heterocycles. The SMILES string of the molecule is CNN(c1cc(C(C)(C)C)cc(NC(=O)c2cc3cccc(NC(=O)c4ccc(NCc5ccccc5)nc4)c3s2)c1OC)[SH+](C)=O. The second-order valence-electron chi connectivity index (χ2n) is 11.8. The molecule has 2 aromatic heterocycles. The minimum Gasteiger partial charge on any atom is -0.492 e. The van der Waals surface area contributed by atoms with Gasteiger partial charge in [-0.3, -0.25) is 9.59 Å². The first-order valence-corrected chi connectivity index (χ1v) is 17.5. The monoisotopic (exact) mass is 671 g/mol. The number of anilines is 4. The van der Waals surface area contributed by atoms with Crippen molar-refractivity contribution in [2.45, 2.75) is 32.7 Å². The third-order valence-corrected chi connectivity index (χ3v) is 9.63. The van der Waals surface area contributed by atoms with Crippen molar-refractivity contribution < 1.29 is 18.5 Å². The topological polar surface area (TPSA) is 125 Å². The number of hydrazine groups is 1. The predicted molar refractivity (Wildman–Crippen MR) is 194 cm³/mol. The highest BCUT2D eigenvalue weighted by Gasteiger charge is 2.27. The van der Waals surface area contributed by atoms with Gasteiger partial charge in [0, 0.05) is 19.8 Å². The number of amides is 2. The van der Waals surface area contributed by atoms with Gasteiger partial charge in [0.15, 0.2) is 16.7 Å². The first kappa shape index (κ1) is 33.6. The van der Waals surface area contributed by atoms with Crippen LogP contribution in [0, 0.1) is 0 Å². The van der Waals surface area contributed by atoms with Crippen LogP contribution in [-0.4, -0.2) is 37.2 Å². The molecule has 10 nitrogen and oxygen atoms in total. The summed E-state index contributed by atoms with van der Waals surface area (Å²) in [6.45, 7) is 6.82. The zero-order valence-electron chi connectivity index (χ0n) is 27.2. The fourth-order valence-corrected chi connectivity index (χ4v) is 6.75. The van der Waals surface area contributed by atoms with Crippen molar-refractivity contribution >= 4 is 67.1 Å². The highest BCUT2D eigenvalue weighted by Crippen LogP contribution is 2.41. The lowest BCUT2D eigenvalue weighted by molar-refractivity contribution is 0.102. The van der Waals surface area contributed by atoms with E-state index < -0.39 is 11.0 Å². The molecule has 244 valence electrons. The molecular formula is C35H39N6O4S2+. The highest BCUT2D eigenvalue weighted by molar-refractivity contribution is 7.85. The van der Waals surface area contributed by atoms with Crippen LogP contribution in [0.2, 0.25) is 0 Å². The maximum absolute atomic E-state index is 13.7. The van der Waals surface area contributed by atoms with Gasteiger partial charge in [-0.05, 0) is 58.3 Å². The van der Waals surface area contributed by atoms with Crippen molar-refractivity contribution in [3.8, 4) is 5.75 Å². The lowest BCUT2D eigenvalue weighted by atomic mass is 9.86. The Bertz CT molecular complexity index is 1920. The Morgan fingerprint density at radius 2 is 1.68 bits per heavy atom. The summed E-state index contributed by atoms with van der Waals surface area (Å²) in [6.07, 6.45) is 3.13. The van der Waals surface area contributed by atoms with Crippen molar-refractivity contribution in [1.29, 1.82) is 0 Å². The van der Waals surface area contributed by atoms with Gasteiger partial charge in [-0.25, -0.2) is 4.98 Å². The molecule has 47 heavy (non-hydrogen) atoms. The number of nitrogens with one attached hydrogen (secondary N) is 4. The van der Waals surface area contributed by atoms with Gasteiger partial charge >= 0.3 is 0 Å². The fourth-order valence-electron chi connectivity index (χ4n) is 5.00. The Kier molecular flexibility index (Phi) is 10.2. The van der Waals surface area contributed by atoms with Gasteiger partial charge in [0.05, 0.1) is 33.6 Å². The van der Waals surface area contributed by atoms with E-state index in [-0.39, 0.29) is 17.2 Å². The van der Waals surface area contributed by atoms with E-state index in [9.17, 15) is 13.8 Å². The number of pyridine rings is 1. The van der Waals surface area contributed by atoms with E-state index in [1.807, 2.05) is 60.7 Å². The smallest absolute Gasteiger partial charge is 0.265 e. The number of carbonyl (C=O) groups is 2. The molecule has 0 aliphatic carbocycles. The lowest BCUT2D eigenvalue weighted by Gasteiger charge is -2.25. The average molecular weight is 672 g/mol. The Hall–Kier alpha value is -4.78. The van der Waals surface area contributed by atoms with E-state index in [2.05, 4.69) is 47.1 Å². The molecule has 0 aliphatic rings. The number of hydrogen-bond acceptors (Lipinski definition) is 8. The number of nitrogens with zero attached hydrogens (tertiary/aromatic N) is 2. The first-order valence-electron chi connectivity index (χ1n) is 15.0. The number of aromatic nitrogens is 1. The number of thiol groups is 1. The molecule has 0 fully saturated rings. The van der Waals surface area contributed by atoms with Crippen molar-refractivity contribution in [2.24, 2.45) is 0 Å². The third kappa shape index (κ3) is 7.79. The van der Waals surface area contributed by atoms with E-state index in [1.165, 1.54) is 29.1 Å². The molecule has 0 saturated carbocycles. The van der Waals surface area contributed by atoms with Crippen molar-refractivity contribution in [3.05, 3.63) is 107 Å². The number of carbonyl (C=O) groups excluding carboxylic acids is 2. The van der Waals surface area contributed by atoms with Crippen LogP contribution in [0.4, 0.5) is 22.9 Å². The number of rotatable bonds is 11. The summed E-state index contributed by atoms with van der Waals surface area (Å²) in [7, 11) is 1.40. The number of benzene rings is 3. The molecule has 0 bridgehead atoms. The van der Waals surface area contributed by atoms with Crippen LogP contribution in [0.25, 0.3) is 10.1 Å². The molecule has 12 heteroatoms. The molecule has 2 amide bonds. The van der Waals surface area contributed by atoms with Gasteiger partial charge in [0.2, 0.25) is 0 Å². The van der Waals surface area contributed by atoms with Crippen molar-refractivity contribution in [1.82, 2.24) is 10.4 Å². The lowest BCUT2D eigenvalue weighted by Crippen LogP contribution is -2.36. The summed E-state index contributed by atoms with van der Waals surface area (Å²) in [5.41, 5.74) is 6.77. The zero-order valence-corrected chi connectivity index (χ0v) is 28.9. The molecule has 5 rings (SSSR count).